The lowest BCUT2D eigenvalue weighted by Crippen LogP contribution is -2.44. The minimum atomic E-state index is -0.625. The van der Waals surface area contributed by atoms with E-state index in [0.29, 0.717) is 17.1 Å². The number of amides is 2. The third-order valence-electron chi connectivity index (χ3n) is 4.35. The largest absolute Gasteiger partial charge is 0.340 e. The minimum Gasteiger partial charge on any atom is -0.340 e. The van der Waals surface area contributed by atoms with Gasteiger partial charge in [0.05, 0.1) is 5.69 Å². The lowest BCUT2D eigenvalue weighted by atomic mass is 10.1. The molecule has 29 heavy (non-hydrogen) atoms. The number of aryl methyl sites for hydroxylation is 1. The van der Waals surface area contributed by atoms with Crippen molar-refractivity contribution < 1.29 is 9.59 Å². The smallest absolute Gasteiger partial charge is 0.251 e. The fourth-order valence-corrected chi connectivity index (χ4v) is 3.91. The first kappa shape index (κ1) is 21.1. The molecule has 1 atom stereocenters. The molecule has 0 unspecified atom stereocenters. The van der Waals surface area contributed by atoms with Crippen LogP contribution >= 0.6 is 23.1 Å². The predicted molar refractivity (Wildman–Crippen MR) is 122 cm³/mol. The number of nitrogens with one attached hydrogen (secondary N) is 2. The molecule has 0 aliphatic carbocycles. The molecule has 0 fully saturated rings. The van der Waals surface area contributed by atoms with E-state index in [4.69, 9.17) is 0 Å². The van der Waals surface area contributed by atoms with Crippen LogP contribution in [0.4, 0.5) is 5.13 Å². The van der Waals surface area contributed by atoms with Crippen LogP contribution in [-0.4, -0.2) is 34.8 Å². The molecule has 2 amide bonds. The zero-order valence-corrected chi connectivity index (χ0v) is 18.0. The Bertz CT molecular complexity index is 956. The number of hydrogen-bond acceptors (Lipinski definition) is 5. The van der Waals surface area contributed by atoms with Gasteiger partial charge in [-0.1, -0.05) is 48.0 Å². The van der Waals surface area contributed by atoms with E-state index in [2.05, 4.69) is 15.6 Å². The van der Waals surface area contributed by atoms with Crippen molar-refractivity contribution in [3.8, 4) is 11.3 Å². The van der Waals surface area contributed by atoms with Gasteiger partial charge in [0.15, 0.2) is 5.13 Å². The fourth-order valence-electron chi connectivity index (χ4n) is 2.72. The predicted octanol–water partition coefficient (Wildman–Crippen LogP) is 4.61. The number of anilines is 1. The molecule has 2 aromatic carbocycles. The molecule has 0 spiro atoms. The number of carbonyl (C=O) groups excluding carboxylic acids is 2. The highest BCUT2D eigenvalue weighted by Gasteiger charge is 2.22. The van der Waals surface area contributed by atoms with E-state index in [1.54, 1.807) is 23.9 Å². The van der Waals surface area contributed by atoms with Gasteiger partial charge >= 0.3 is 0 Å². The Morgan fingerprint density at radius 3 is 2.52 bits per heavy atom. The van der Waals surface area contributed by atoms with E-state index in [0.717, 1.165) is 22.6 Å². The number of carbonyl (C=O) groups is 2. The fraction of sp³-hybridized carbons (Fsp3) is 0.227. The van der Waals surface area contributed by atoms with Crippen LogP contribution in [0.1, 0.15) is 22.3 Å². The second kappa shape index (κ2) is 10.2. The average Bonchev–Trinajstić information content (AvgIpc) is 3.20. The van der Waals surface area contributed by atoms with Crippen molar-refractivity contribution in [1.82, 2.24) is 10.3 Å². The molecule has 0 aliphatic rings. The molecule has 3 rings (SSSR count). The third kappa shape index (κ3) is 5.92. The molecule has 0 radical (unpaired) electrons. The van der Waals surface area contributed by atoms with Gasteiger partial charge in [0.1, 0.15) is 6.04 Å². The molecule has 150 valence electrons. The van der Waals surface area contributed by atoms with E-state index in [9.17, 15) is 9.59 Å². The second-order valence-corrected chi connectivity index (χ2v) is 8.41. The van der Waals surface area contributed by atoms with Crippen molar-refractivity contribution in [2.75, 3.05) is 17.3 Å². The Kier molecular flexibility index (Phi) is 7.43. The first-order chi connectivity index (χ1) is 14.1. The van der Waals surface area contributed by atoms with Gasteiger partial charge in [0.2, 0.25) is 5.91 Å². The summed E-state index contributed by atoms with van der Waals surface area (Å²) >= 11 is 3.01. The Balaban J connectivity index is 1.68. The van der Waals surface area contributed by atoms with E-state index in [1.165, 1.54) is 11.3 Å². The molecule has 3 aromatic rings. The molecular weight excluding hydrogens is 402 g/mol. The number of rotatable bonds is 8. The number of hydrogen-bond donors (Lipinski definition) is 2. The monoisotopic (exact) mass is 425 g/mol. The molecule has 7 heteroatoms. The molecule has 0 saturated carbocycles. The Hall–Kier alpha value is -2.64. The average molecular weight is 426 g/mol. The van der Waals surface area contributed by atoms with E-state index < -0.39 is 6.04 Å². The lowest BCUT2D eigenvalue weighted by Gasteiger charge is -2.17. The van der Waals surface area contributed by atoms with E-state index in [1.807, 2.05) is 61.0 Å². The first-order valence-electron chi connectivity index (χ1n) is 9.25. The summed E-state index contributed by atoms with van der Waals surface area (Å²) < 4.78 is 0. The van der Waals surface area contributed by atoms with Gasteiger partial charge in [0.25, 0.3) is 5.91 Å². The summed E-state index contributed by atoms with van der Waals surface area (Å²) in [6.45, 7) is 1.97. The number of thiazole rings is 1. The topological polar surface area (TPSA) is 71.1 Å². The van der Waals surface area contributed by atoms with Crippen LogP contribution in [-0.2, 0) is 4.79 Å². The van der Waals surface area contributed by atoms with Crippen LogP contribution in [0, 0.1) is 6.92 Å². The van der Waals surface area contributed by atoms with Crippen molar-refractivity contribution >= 4 is 40.0 Å². The lowest BCUT2D eigenvalue weighted by molar-refractivity contribution is -0.118. The maximum Gasteiger partial charge on any atom is 0.251 e. The summed E-state index contributed by atoms with van der Waals surface area (Å²) in [5.74, 6) is 0.253. The summed E-state index contributed by atoms with van der Waals surface area (Å²) in [6, 6.07) is 16.5. The Labute approximate surface area is 179 Å². The number of nitrogens with zero attached hydrogens (tertiary/aromatic N) is 1. The van der Waals surface area contributed by atoms with Gasteiger partial charge in [0, 0.05) is 16.5 Å². The maximum absolute atomic E-state index is 12.8. The second-order valence-electron chi connectivity index (χ2n) is 6.57. The summed E-state index contributed by atoms with van der Waals surface area (Å²) in [6.07, 6.45) is 2.52. The Morgan fingerprint density at radius 1 is 1.10 bits per heavy atom. The Morgan fingerprint density at radius 2 is 1.83 bits per heavy atom. The molecule has 0 aliphatic heterocycles. The van der Waals surface area contributed by atoms with Crippen LogP contribution in [0.5, 0.6) is 0 Å². The normalized spacial score (nSPS) is 11.7. The van der Waals surface area contributed by atoms with Gasteiger partial charge in [-0.05, 0) is 37.5 Å². The van der Waals surface area contributed by atoms with Gasteiger partial charge in [-0.15, -0.1) is 11.3 Å². The van der Waals surface area contributed by atoms with Crippen molar-refractivity contribution in [2.45, 2.75) is 19.4 Å². The van der Waals surface area contributed by atoms with Gasteiger partial charge < -0.3 is 10.6 Å². The van der Waals surface area contributed by atoms with Crippen LogP contribution in [0.15, 0.2) is 60.0 Å². The summed E-state index contributed by atoms with van der Waals surface area (Å²) in [7, 11) is 0. The van der Waals surface area contributed by atoms with Crippen molar-refractivity contribution in [1.29, 1.82) is 0 Å². The standard InChI is InChI=1S/C22H23N3O2S2/c1-15-8-10-17(11-9-15)20(26)23-18(12-13-28-2)21(27)25-22-24-19(14-29-22)16-6-4-3-5-7-16/h3-11,14,18H,12-13H2,1-2H3,(H,23,26)(H,24,25,27)/t18-/m0/s1. The SMILES string of the molecule is CSCC[C@H](NC(=O)c1ccc(C)cc1)C(=O)Nc1nc(-c2ccccc2)cs1. The third-order valence-corrected chi connectivity index (χ3v) is 5.75. The molecule has 1 aromatic heterocycles. The van der Waals surface area contributed by atoms with Crippen molar-refractivity contribution in [2.24, 2.45) is 0 Å². The van der Waals surface area contributed by atoms with Gasteiger partial charge in [-0.25, -0.2) is 4.98 Å². The summed E-state index contributed by atoms with van der Waals surface area (Å²) in [5.41, 5.74) is 3.43. The summed E-state index contributed by atoms with van der Waals surface area (Å²) in [4.78, 5) is 29.9. The number of aromatic nitrogens is 1. The van der Waals surface area contributed by atoms with E-state index in [-0.39, 0.29) is 11.8 Å². The maximum atomic E-state index is 12.8. The van der Waals surface area contributed by atoms with Crippen molar-refractivity contribution in [3.63, 3.8) is 0 Å². The van der Waals surface area contributed by atoms with Crippen LogP contribution < -0.4 is 10.6 Å². The molecule has 1 heterocycles. The molecule has 5 nitrogen and oxygen atoms in total. The molecular formula is C22H23N3O2S2. The van der Waals surface area contributed by atoms with Crippen molar-refractivity contribution in [3.05, 3.63) is 71.1 Å². The van der Waals surface area contributed by atoms with E-state index >= 15 is 0 Å². The first-order valence-corrected chi connectivity index (χ1v) is 11.5. The number of benzene rings is 2. The molecule has 0 bridgehead atoms. The molecule has 2 N–H and O–H groups in total. The van der Waals surface area contributed by atoms with Gasteiger partial charge in [-0.2, -0.15) is 11.8 Å². The highest BCUT2D eigenvalue weighted by molar-refractivity contribution is 7.98. The zero-order valence-electron chi connectivity index (χ0n) is 16.3. The van der Waals surface area contributed by atoms with Crippen LogP contribution in [0.3, 0.4) is 0 Å². The highest BCUT2D eigenvalue weighted by Crippen LogP contribution is 2.24. The quantitative estimate of drug-likeness (QED) is 0.553. The highest BCUT2D eigenvalue weighted by atomic mass is 32.2. The molecule has 0 saturated heterocycles. The summed E-state index contributed by atoms with van der Waals surface area (Å²) in [5, 5.41) is 8.14. The zero-order chi connectivity index (χ0) is 20.6. The van der Waals surface area contributed by atoms with Crippen LogP contribution in [0.25, 0.3) is 11.3 Å². The van der Waals surface area contributed by atoms with Gasteiger partial charge in [-0.3, -0.25) is 9.59 Å². The number of thioether (sulfide) groups is 1. The minimum absolute atomic E-state index is 0.254. The van der Waals surface area contributed by atoms with Crippen LogP contribution in [0.2, 0.25) is 0 Å².